The summed E-state index contributed by atoms with van der Waals surface area (Å²) in [6.07, 6.45) is 3.09. The van der Waals surface area contributed by atoms with E-state index < -0.39 is 23.8 Å². The summed E-state index contributed by atoms with van der Waals surface area (Å²) in [4.78, 5) is 4.29. The number of alkyl halides is 2. The van der Waals surface area contributed by atoms with Gasteiger partial charge in [-0.15, -0.1) is 5.53 Å². The van der Waals surface area contributed by atoms with Gasteiger partial charge < -0.3 is 16.1 Å². The molecule has 1 aliphatic heterocycles. The zero-order valence-corrected chi connectivity index (χ0v) is 20.2. The van der Waals surface area contributed by atoms with Gasteiger partial charge in [0.1, 0.15) is 11.9 Å². The first-order chi connectivity index (χ1) is 18.2. The molecule has 2 heterocycles. The molecule has 2 fully saturated rings. The number of halogens is 4. The molecule has 0 spiro atoms. The molecular weight excluding hydrogens is 503 g/mol. The Labute approximate surface area is 217 Å². The molecule has 4 N–H and O–H groups in total. The van der Waals surface area contributed by atoms with E-state index in [1.165, 1.54) is 30.5 Å². The largest absolute Gasteiger partial charge is 0.373 e. The molecule has 2 saturated carbocycles. The van der Waals surface area contributed by atoms with Gasteiger partial charge in [0.15, 0.2) is 0 Å². The fourth-order valence-corrected chi connectivity index (χ4v) is 4.66. The molecule has 1 atom stereocenters. The number of anilines is 2. The zero-order chi connectivity index (χ0) is 26.7. The van der Waals surface area contributed by atoms with Crippen molar-refractivity contribution in [1.82, 2.24) is 21.0 Å². The maximum absolute atomic E-state index is 13.8. The Balaban J connectivity index is 1.45. The van der Waals surface area contributed by atoms with Crippen molar-refractivity contribution < 1.29 is 14.5 Å². The van der Waals surface area contributed by atoms with Crippen LogP contribution in [0.4, 0.5) is 24.5 Å². The Morgan fingerprint density at radius 1 is 1.24 bits per heavy atom. The molecule has 1 unspecified atom stereocenters. The van der Waals surface area contributed by atoms with Gasteiger partial charge in [-0.1, -0.05) is 23.7 Å². The first-order valence-electron chi connectivity index (χ1n) is 12.4. The topological polar surface area (TPSA) is 88.0 Å². The minimum atomic E-state index is -2.62. The fraction of sp³-hybridized carbons (Fsp3) is 0.308. The summed E-state index contributed by atoms with van der Waals surface area (Å²) in [5.74, 6) is -0.435. The number of hydrazine groups is 2. The highest BCUT2D eigenvalue weighted by atomic mass is 35.5. The molecule has 37 heavy (non-hydrogen) atoms. The fourth-order valence-electron chi connectivity index (χ4n) is 4.39. The van der Waals surface area contributed by atoms with Crippen LogP contribution in [0.25, 0.3) is 10.9 Å². The summed E-state index contributed by atoms with van der Waals surface area (Å²) >= 11 is 6.58. The van der Waals surface area contributed by atoms with Crippen LogP contribution < -0.4 is 21.6 Å². The monoisotopic (exact) mass is 526 g/mol. The lowest BCUT2D eigenvalue weighted by molar-refractivity contribution is 0.114. The van der Waals surface area contributed by atoms with Gasteiger partial charge in [-0.25, -0.2) is 13.2 Å². The third-order valence-electron chi connectivity index (χ3n) is 6.83. The van der Waals surface area contributed by atoms with Gasteiger partial charge in [-0.3, -0.25) is 9.99 Å². The summed E-state index contributed by atoms with van der Waals surface area (Å²) in [7, 11) is 0. The minimum Gasteiger partial charge on any atom is -0.373 e. The van der Waals surface area contributed by atoms with E-state index in [0.29, 0.717) is 33.9 Å². The summed E-state index contributed by atoms with van der Waals surface area (Å²) in [5, 5.41) is 18.3. The second-order valence-corrected chi connectivity index (χ2v) is 9.93. The lowest BCUT2D eigenvalue weighted by Crippen LogP contribution is -2.38. The Morgan fingerprint density at radius 3 is 2.65 bits per heavy atom. The Hall–Kier alpha value is -3.68. The first-order valence-corrected chi connectivity index (χ1v) is 12.3. The molecule has 2 aromatic carbocycles. The molecule has 1 aromatic heterocycles. The summed E-state index contributed by atoms with van der Waals surface area (Å²) < 4.78 is 50.8. The van der Waals surface area contributed by atoms with Crippen LogP contribution in [0, 0.1) is 17.1 Å². The molecule has 3 aromatic rings. The Morgan fingerprint density at radius 2 is 2.00 bits per heavy atom. The number of aromatic nitrogens is 1. The van der Waals surface area contributed by atoms with E-state index in [0.717, 1.165) is 12.8 Å². The highest BCUT2D eigenvalue weighted by Gasteiger charge is 2.51. The molecule has 0 saturated heterocycles. The van der Waals surface area contributed by atoms with Crippen LogP contribution in [0.5, 0.6) is 0 Å². The number of hydrogen-bond acceptors (Lipinski definition) is 7. The number of benzene rings is 2. The number of pyridine rings is 1. The second kappa shape index (κ2) is 9.01. The molecule has 7 nitrogen and oxygen atoms in total. The second-order valence-electron chi connectivity index (χ2n) is 9.52. The molecule has 2 aliphatic carbocycles. The molecule has 0 amide bonds. The maximum atomic E-state index is 13.8. The van der Waals surface area contributed by atoms with Crippen LogP contribution in [0.3, 0.4) is 0 Å². The Kier molecular flexibility index (Phi) is 5.48. The molecule has 11 heteroatoms. The van der Waals surface area contributed by atoms with Crippen LogP contribution in [0.1, 0.15) is 44.2 Å². The SMILES string of the molecule is [2H]C(Nc1cc(Cl)c2ncc(C#N)c(NC3(C(F)F)CC3)c2c1)(C1=CN(C2CC2)NN1)c1ccc(F)cc1. The van der Waals surface area contributed by atoms with Gasteiger partial charge in [-0.05, 0) is 55.5 Å². The lowest BCUT2D eigenvalue weighted by Gasteiger charge is -2.23. The van der Waals surface area contributed by atoms with E-state index >= 15 is 0 Å². The van der Waals surface area contributed by atoms with E-state index in [2.05, 4.69) is 26.6 Å². The number of nitrogens with zero attached hydrogens (tertiary/aromatic N) is 3. The van der Waals surface area contributed by atoms with Gasteiger partial charge in [0.05, 0.1) is 40.4 Å². The van der Waals surface area contributed by atoms with Gasteiger partial charge in [0.25, 0.3) is 6.43 Å². The van der Waals surface area contributed by atoms with Crippen LogP contribution in [0.15, 0.2) is 54.5 Å². The third kappa shape index (κ3) is 4.49. The number of nitrogens with one attached hydrogen (secondary N) is 4. The van der Waals surface area contributed by atoms with Crippen molar-refractivity contribution in [2.75, 3.05) is 10.6 Å². The average molecular weight is 527 g/mol. The number of hydrogen-bond donors (Lipinski definition) is 4. The van der Waals surface area contributed by atoms with Crippen LogP contribution in [-0.4, -0.2) is 28.0 Å². The van der Waals surface area contributed by atoms with Crippen molar-refractivity contribution in [3.63, 3.8) is 0 Å². The summed E-state index contributed by atoms with van der Waals surface area (Å²) in [6.45, 7) is 0. The van der Waals surface area contributed by atoms with Gasteiger partial charge >= 0.3 is 0 Å². The van der Waals surface area contributed by atoms with Crippen molar-refractivity contribution in [2.24, 2.45) is 0 Å². The quantitative estimate of drug-likeness (QED) is 0.304. The molecule has 0 radical (unpaired) electrons. The minimum absolute atomic E-state index is 0.109. The molecule has 6 rings (SSSR count). The number of nitriles is 1. The predicted molar refractivity (Wildman–Crippen MR) is 135 cm³/mol. The van der Waals surface area contributed by atoms with E-state index in [4.69, 9.17) is 11.6 Å². The lowest BCUT2D eigenvalue weighted by atomic mass is 10.0. The maximum Gasteiger partial charge on any atom is 0.261 e. The number of rotatable bonds is 8. The van der Waals surface area contributed by atoms with Crippen LogP contribution >= 0.6 is 11.6 Å². The summed E-state index contributed by atoms with van der Waals surface area (Å²) in [6, 6.07) is 9.53. The van der Waals surface area contributed by atoms with E-state index in [9.17, 15) is 19.8 Å². The Bertz CT molecular complexity index is 1480. The average Bonchev–Trinajstić information content (AvgIpc) is 3.83. The standard InChI is InChI=1S/C26H23ClF3N7/c27-20-10-17(9-19-22(15(11-31)12-32-24(19)20)34-26(7-8-26)25(29)30)33-23(14-1-3-16(28)4-2-14)21-13-37(36-35-21)18-5-6-18/h1-4,9-10,12-13,18,23,25,33,35-36H,5-8H2,(H,32,34)/i23D. The molecular formula is C26H23ClF3N7. The van der Waals surface area contributed by atoms with Crippen molar-refractivity contribution in [3.05, 3.63) is 76.5 Å². The normalized spacial score (nSPS) is 20.1. The highest BCUT2D eigenvalue weighted by molar-refractivity contribution is 6.35. The summed E-state index contributed by atoms with van der Waals surface area (Å²) in [5.41, 5.74) is 6.65. The molecule has 3 aliphatic rings. The van der Waals surface area contributed by atoms with E-state index in [1.54, 1.807) is 18.3 Å². The van der Waals surface area contributed by atoms with Gasteiger partial charge in [0, 0.05) is 29.5 Å². The highest BCUT2D eigenvalue weighted by Crippen LogP contribution is 2.46. The van der Waals surface area contributed by atoms with Gasteiger partial charge in [0.2, 0.25) is 0 Å². The first kappa shape index (κ1) is 22.5. The van der Waals surface area contributed by atoms with E-state index in [1.807, 2.05) is 11.1 Å². The molecule has 190 valence electrons. The zero-order valence-electron chi connectivity index (χ0n) is 20.5. The predicted octanol–water partition coefficient (Wildman–Crippen LogP) is 5.59. The number of fused-ring (bicyclic) bond motifs is 1. The van der Waals surface area contributed by atoms with Crippen LogP contribution in [-0.2, 0) is 0 Å². The van der Waals surface area contributed by atoms with Crippen molar-refractivity contribution in [2.45, 2.75) is 49.7 Å². The van der Waals surface area contributed by atoms with Crippen molar-refractivity contribution in [1.29, 1.82) is 5.26 Å². The van der Waals surface area contributed by atoms with Crippen molar-refractivity contribution in [3.8, 4) is 6.07 Å². The van der Waals surface area contributed by atoms with Crippen molar-refractivity contribution >= 4 is 33.9 Å². The van der Waals surface area contributed by atoms with Crippen LogP contribution in [0.2, 0.25) is 5.02 Å². The van der Waals surface area contributed by atoms with E-state index in [-0.39, 0.29) is 29.1 Å². The van der Waals surface area contributed by atoms with Gasteiger partial charge in [-0.2, -0.15) is 5.26 Å². The molecule has 0 bridgehead atoms. The smallest absolute Gasteiger partial charge is 0.261 e. The third-order valence-corrected chi connectivity index (χ3v) is 7.11.